The number of aromatic nitrogens is 1. The van der Waals surface area contributed by atoms with Crippen LogP contribution in [0.3, 0.4) is 0 Å². The van der Waals surface area contributed by atoms with Crippen LogP contribution in [0.25, 0.3) is 22.1 Å². The van der Waals surface area contributed by atoms with E-state index in [-0.39, 0.29) is 11.9 Å². The van der Waals surface area contributed by atoms with Gasteiger partial charge in [-0.2, -0.15) is 13.2 Å². The summed E-state index contributed by atoms with van der Waals surface area (Å²) >= 11 is 0. The van der Waals surface area contributed by atoms with Crippen LogP contribution in [0, 0.1) is 0 Å². The number of amides is 1. The summed E-state index contributed by atoms with van der Waals surface area (Å²) in [5, 5.41) is 12.5. The van der Waals surface area contributed by atoms with Crippen LogP contribution in [0.5, 0.6) is 0 Å². The zero-order valence-electron chi connectivity index (χ0n) is 22.3. The van der Waals surface area contributed by atoms with Gasteiger partial charge in [-0.1, -0.05) is 56.2 Å². The summed E-state index contributed by atoms with van der Waals surface area (Å²) < 4.78 is 37.8. The second-order valence-electron chi connectivity index (χ2n) is 9.28. The number of unbranched alkanes of at least 4 members (excludes halogenated alkanes) is 2. The number of rotatable bonds is 12. The van der Waals surface area contributed by atoms with Crippen molar-refractivity contribution in [2.24, 2.45) is 0 Å². The molecule has 0 unspecified atom stereocenters. The number of fused-ring (bicyclic) bond motifs is 1. The lowest BCUT2D eigenvalue weighted by molar-refractivity contribution is -0.192. The number of nitrogens with one attached hydrogen (secondary N) is 1. The number of carboxylic acid groups (broad SMARTS) is 1. The van der Waals surface area contributed by atoms with E-state index in [1.807, 2.05) is 44.1 Å². The topological polar surface area (TPSA) is 113 Å². The van der Waals surface area contributed by atoms with Gasteiger partial charge in [-0.3, -0.25) is 9.59 Å². The molecule has 212 valence electrons. The first kappa shape index (κ1) is 31.5. The number of oxazole rings is 1. The largest absolute Gasteiger partial charge is 0.490 e. The standard InChI is InChI=1S/C26H33N3O3.C2HF3O2/c1-4-22(30)12-6-5-7-13-23(28-25(31)18-29(2)3)26-27-17-24(32-26)21-15-14-19-10-8-9-11-20(19)16-21;3-2(4,5)1(6)7/h8-11,14-17,23H,4-7,12-13,18H2,1-3H3,(H,28,31);(H,6,7)/t23-;/m0./s1. The molecule has 0 aliphatic carbocycles. The first-order valence-electron chi connectivity index (χ1n) is 12.6. The Kier molecular flexibility index (Phi) is 12.1. The molecule has 0 saturated heterocycles. The zero-order valence-corrected chi connectivity index (χ0v) is 22.3. The summed E-state index contributed by atoms with van der Waals surface area (Å²) in [5.41, 5.74) is 0.957. The van der Waals surface area contributed by atoms with E-state index in [9.17, 15) is 22.8 Å². The Hall–Kier alpha value is -3.73. The number of nitrogens with zero attached hydrogens (tertiary/aromatic N) is 2. The van der Waals surface area contributed by atoms with Crippen molar-refractivity contribution >= 4 is 28.4 Å². The van der Waals surface area contributed by atoms with Crippen LogP contribution in [0.1, 0.15) is 57.4 Å². The van der Waals surface area contributed by atoms with E-state index in [2.05, 4.69) is 34.6 Å². The summed E-state index contributed by atoms with van der Waals surface area (Å²) in [6, 6.07) is 14.1. The molecular weight excluding hydrogens is 515 g/mol. The van der Waals surface area contributed by atoms with Crippen LogP contribution in [0.15, 0.2) is 53.1 Å². The predicted molar refractivity (Wildman–Crippen MR) is 141 cm³/mol. The highest BCUT2D eigenvalue weighted by molar-refractivity contribution is 5.86. The highest BCUT2D eigenvalue weighted by Crippen LogP contribution is 2.28. The first-order valence-corrected chi connectivity index (χ1v) is 12.6. The van der Waals surface area contributed by atoms with Crippen LogP contribution >= 0.6 is 0 Å². The van der Waals surface area contributed by atoms with Crippen molar-refractivity contribution in [3.8, 4) is 11.3 Å². The van der Waals surface area contributed by atoms with E-state index in [0.29, 0.717) is 36.8 Å². The summed E-state index contributed by atoms with van der Waals surface area (Å²) in [7, 11) is 3.73. The molecule has 0 fully saturated rings. The zero-order chi connectivity index (χ0) is 29.0. The third kappa shape index (κ3) is 10.9. The Morgan fingerprint density at radius 3 is 2.33 bits per heavy atom. The van der Waals surface area contributed by atoms with Gasteiger partial charge >= 0.3 is 12.1 Å². The smallest absolute Gasteiger partial charge is 0.475 e. The maximum Gasteiger partial charge on any atom is 0.490 e. The number of carbonyl (C=O) groups excluding carboxylic acids is 2. The molecule has 3 rings (SSSR count). The minimum absolute atomic E-state index is 0.0633. The Labute approximate surface area is 225 Å². The van der Waals surface area contributed by atoms with Gasteiger partial charge in [0.25, 0.3) is 0 Å². The maximum atomic E-state index is 12.4. The van der Waals surface area contributed by atoms with Crippen LogP contribution in [-0.2, 0) is 14.4 Å². The number of likely N-dealkylation sites (N-methyl/N-ethyl adjacent to an activating group) is 1. The molecule has 11 heteroatoms. The number of carboxylic acids is 1. The van der Waals surface area contributed by atoms with E-state index in [4.69, 9.17) is 14.3 Å². The van der Waals surface area contributed by atoms with Crippen molar-refractivity contribution in [2.45, 2.75) is 57.7 Å². The number of aliphatic carboxylic acids is 1. The average Bonchev–Trinajstić information content (AvgIpc) is 3.37. The Balaban J connectivity index is 0.000000673. The molecule has 1 atom stereocenters. The third-order valence-corrected chi connectivity index (χ3v) is 5.74. The fraction of sp³-hybridized carbons (Fsp3) is 0.429. The van der Waals surface area contributed by atoms with Gasteiger partial charge in [-0.05, 0) is 43.8 Å². The van der Waals surface area contributed by atoms with Crippen molar-refractivity contribution in [1.82, 2.24) is 15.2 Å². The predicted octanol–water partition coefficient (Wildman–Crippen LogP) is 5.78. The van der Waals surface area contributed by atoms with E-state index in [1.165, 1.54) is 5.39 Å². The second kappa shape index (κ2) is 15.0. The molecule has 0 radical (unpaired) electrons. The van der Waals surface area contributed by atoms with Gasteiger partial charge < -0.3 is 19.7 Å². The van der Waals surface area contributed by atoms with Crippen LogP contribution in [0.4, 0.5) is 13.2 Å². The summed E-state index contributed by atoms with van der Waals surface area (Å²) in [5.74, 6) is -1.32. The summed E-state index contributed by atoms with van der Waals surface area (Å²) in [4.78, 5) is 39.1. The molecule has 0 aliphatic rings. The number of carbonyl (C=O) groups is 3. The average molecular weight is 550 g/mol. The number of ketones is 1. The third-order valence-electron chi connectivity index (χ3n) is 5.74. The molecule has 0 saturated carbocycles. The molecule has 1 heterocycles. The number of halogens is 3. The van der Waals surface area contributed by atoms with Gasteiger partial charge in [-0.25, -0.2) is 9.78 Å². The number of Topliss-reactive ketones (excluding diaryl/α,β-unsaturated/α-hetero) is 1. The number of hydrogen-bond acceptors (Lipinski definition) is 6. The van der Waals surface area contributed by atoms with Gasteiger partial charge in [0.15, 0.2) is 5.76 Å². The van der Waals surface area contributed by atoms with Crippen LogP contribution in [-0.4, -0.2) is 59.5 Å². The van der Waals surface area contributed by atoms with E-state index in [1.54, 1.807) is 6.20 Å². The van der Waals surface area contributed by atoms with E-state index < -0.39 is 12.1 Å². The van der Waals surface area contributed by atoms with Gasteiger partial charge in [0.05, 0.1) is 12.7 Å². The molecule has 0 spiro atoms. The van der Waals surface area contributed by atoms with E-state index in [0.717, 1.165) is 36.6 Å². The fourth-order valence-corrected chi connectivity index (χ4v) is 3.73. The molecule has 1 amide bonds. The van der Waals surface area contributed by atoms with Gasteiger partial charge in [-0.15, -0.1) is 0 Å². The van der Waals surface area contributed by atoms with Crippen molar-refractivity contribution in [3.05, 3.63) is 54.6 Å². The second-order valence-corrected chi connectivity index (χ2v) is 9.28. The van der Waals surface area contributed by atoms with E-state index >= 15 is 0 Å². The van der Waals surface area contributed by atoms with Crippen molar-refractivity contribution in [3.63, 3.8) is 0 Å². The summed E-state index contributed by atoms with van der Waals surface area (Å²) in [6.07, 6.45) is 1.28. The molecule has 8 nitrogen and oxygen atoms in total. The van der Waals surface area contributed by atoms with Crippen LogP contribution in [0.2, 0.25) is 0 Å². The fourth-order valence-electron chi connectivity index (χ4n) is 3.73. The molecular formula is C28H34F3N3O5. The Morgan fingerprint density at radius 1 is 1.05 bits per heavy atom. The minimum atomic E-state index is -5.08. The van der Waals surface area contributed by atoms with Crippen molar-refractivity contribution in [1.29, 1.82) is 0 Å². The Morgan fingerprint density at radius 2 is 1.72 bits per heavy atom. The molecule has 39 heavy (non-hydrogen) atoms. The summed E-state index contributed by atoms with van der Waals surface area (Å²) in [6.45, 7) is 2.20. The molecule has 2 aromatic carbocycles. The lowest BCUT2D eigenvalue weighted by Gasteiger charge is -2.17. The Bertz CT molecular complexity index is 1240. The van der Waals surface area contributed by atoms with Gasteiger partial charge in [0.1, 0.15) is 11.8 Å². The molecule has 1 aromatic heterocycles. The molecule has 3 aromatic rings. The van der Waals surface area contributed by atoms with Gasteiger partial charge in [0, 0.05) is 18.4 Å². The molecule has 0 bridgehead atoms. The number of benzene rings is 2. The lowest BCUT2D eigenvalue weighted by atomic mass is 10.0. The number of hydrogen-bond donors (Lipinski definition) is 2. The highest BCUT2D eigenvalue weighted by Gasteiger charge is 2.38. The SMILES string of the molecule is CCC(=O)CCCCC[C@H](NC(=O)CN(C)C)c1ncc(-c2ccc3ccccc3c2)o1.O=C(O)C(F)(F)F. The molecule has 0 aliphatic heterocycles. The van der Waals surface area contributed by atoms with Crippen molar-refractivity contribution < 1.29 is 37.1 Å². The lowest BCUT2D eigenvalue weighted by Crippen LogP contribution is -2.36. The molecule has 2 N–H and O–H groups in total. The number of alkyl halides is 3. The first-order chi connectivity index (χ1) is 18.4. The van der Waals surface area contributed by atoms with Crippen LogP contribution < -0.4 is 5.32 Å². The monoisotopic (exact) mass is 549 g/mol. The van der Waals surface area contributed by atoms with Crippen molar-refractivity contribution in [2.75, 3.05) is 20.6 Å². The minimum Gasteiger partial charge on any atom is -0.475 e. The normalized spacial score (nSPS) is 12.1. The highest BCUT2D eigenvalue weighted by atomic mass is 19.4. The quantitative estimate of drug-likeness (QED) is 0.276. The maximum absolute atomic E-state index is 12.4. The van der Waals surface area contributed by atoms with Gasteiger partial charge in [0.2, 0.25) is 11.8 Å².